The van der Waals surface area contributed by atoms with Crippen LogP contribution in [0.1, 0.15) is 44.5 Å². The zero-order chi connectivity index (χ0) is 14.7. The largest absolute Gasteiger partial charge is 0.330 e. The predicted octanol–water partition coefficient (Wildman–Crippen LogP) is 3.63. The first-order valence-corrected chi connectivity index (χ1v) is 7.36. The summed E-state index contributed by atoms with van der Waals surface area (Å²) >= 11 is 0. The Morgan fingerprint density at radius 1 is 1.40 bits per heavy atom. The molecule has 0 unspecified atom stereocenters. The second kappa shape index (κ2) is 6.23. The van der Waals surface area contributed by atoms with Crippen molar-refractivity contribution in [1.82, 2.24) is 9.55 Å². The Kier molecular flexibility index (Phi) is 4.61. The molecule has 0 amide bonds. The van der Waals surface area contributed by atoms with Gasteiger partial charge in [-0.15, -0.1) is 0 Å². The van der Waals surface area contributed by atoms with Gasteiger partial charge >= 0.3 is 0 Å². The van der Waals surface area contributed by atoms with Gasteiger partial charge in [0, 0.05) is 13.0 Å². The first kappa shape index (κ1) is 14.8. The zero-order valence-corrected chi connectivity index (χ0v) is 12.8. The molecule has 1 aromatic heterocycles. The molecule has 20 heavy (non-hydrogen) atoms. The van der Waals surface area contributed by atoms with Crippen LogP contribution in [0.2, 0.25) is 0 Å². The van der Waals surface area contributed by atoms with Gasteiger partial charge in [0.1, 0.15) is 5.82 Å². The zero-order valence-electron chi connectivity index (χ0n) is 12.8. The number of nitrogens with zero attached hydrogens (tertiary/aromatic N) is 2. The predicted molar refractivity (Wildman–Crippen MR) is 86.0 cm³/mol. The fourth-order valence-corrected chi connectivity index (χ4v) is 2.45. The van der Waals surface area contributed by atoms with Crippen LogP contribution in [0.15, 0.2) is 30.4 Å². The van der Waals surface area contributed by atoms with Crippen molar-refractivity contribution in [2.45, 2.75) is 46.1 Å². The highest BCUT2D eigenvalue weighted by Crippen LogP contribution is 2.23. The standard InChI is InChI=1S/C17H25N3/c1-12(2)11-20-16-8-7-14(13(3)4)10-15(16)19-17(20)6-5-9-18/h7-8,10,13H,1,5-6,9,11,18H2,2-4H3. The summed E-state index contributed by atoms with van der Waals surface area (Å²) in [7, 11) is 0. The van der Waals surface area contributed by atoms with Gasteiger partial charge in [-0.1, -0.05) is 32.1 Å². The van der Waals surface area contributed by atoms with Crippen LogP contribution >= 0.6 is 0 Å². The molecule has 2 aromatic rings. The van der Waals surface area contributed by atoms with E-state index >= 15 is 0 Å². The molecular weight excluding hydrogens is 246 g/mol. The summed E-state index contributed by atoms with van der Waals surface area (Å²) < 4.78 is 2.28. The molecule has 3 nitrogen and oxygen atoms in total. The number of allylic oxidation sites excluding steroid dienone is 1. The van der Waals surface area contributed by atoms with Crippen molar-refractivity contribution < 1.29 is 0 Å². The second-order valence-electron chi connectivity index (χ2n) is 5.87. The number of aromatic nitrogens is 2. The van der Waals surface area contributed by atoms with E-state index in [4.69, 9.17) is 10.7 Å². The van der Waals surface area contributed by atoms with E-state index < -0.39 is 0 Å². The van der Waals surface area contributed by atoms with Crippen LogP contribution in [-0.4, -0.2) is 16.1 Å². The lowest BCUT2D eigenvalue weighted by Gasteiger charge is -2.09. The van der Waals surface area contributed by atoms with Crippen LogP contribution in [-0.2, 0) is 13.0 Å². The maximum absolute atomic E-state index is 5.63. The molecular formula is C17H25N3. The molecule has 0 saturated heterocycles. The monoisotopic (exact) mass is 271 g/mol. The highest BCUT2D eigenvalue weighted by Gasteiger charge is 2.11. The maximum Gasteiger partial charge on any atom is 0.110 e. The van der Waals surface area contributed by atoms with E-state index in [0.29, 0.717) is 12.5 Å². The lowest BCUT2D eigenvalue weighted by atomic mass is 10.0. The van der Waals surface area contributed by atoms with Crippen molar-refractivity contribution >= 4 is 11.0 Å². The molecule has 0 fully saturated rings. The number of aryl methyl sites for hydroxylation is 1. The summed E-state index contributed by atoms with van der Waals surface area (Å²) in [5.74, 6) is 1.65. The van der Waals surface area contributed by atoms with Crippen LogP contribution in [0.3, 0.4) is 0 Å². The van der Waals surface area contributed by atoms with E-state index in [2.05, 4.69) is 50.1 Å². The highest BCUT2D eigenvalue weighted by atomic mass is 15.1. The third-order valence-corrected chi connectivity index (χ3v) is 3.55. The normalized spacial score (nSPS) is 11.4. The molecule has 0 aliphatic heterocycles. The highest BCUT2D eigenvalue weighted by molar-refractivity contribution is 5.77. The summed E-state index contributed by atoms with van der Waals surface area (Å²) in [5, 5.41) is 0. The van der Waals surface area contributed by atoms with E-state index in [0.717, 1.165) is 36.3 Å². The van der Waals surface area contributed by atoms with Crippen molar-refractivity contribution in [3.63, 3.8) is 0 Å². The molecule has 0 radical (unpaired) electrons. The van der Waals surface area contributed by atoms with Crippen LogP contribution in [0, 0.1) is 0 Å². The van der Waals surface area contributed by atoms with Gasteiger partial charge in [-0.25, -0.2) is 4.98 Å². The Morgan fingerprint density at radius 2 is 2.15 bits per heavy atom. The van der Waals surface area contributed by atoms with Gasteiger partial charge in [-0.3, -0.25) is 0 Å². The van der Waals surface area contributed by atoms with Crippen LogP contribution in [0.4, 0.5) is 0 Å². The molecule has 2 rings (SSSR count). The van der Waals surface area contributed by atoms with Gasteiger partial charge in [-0.05, 0) is 43.5 Å². The third-order valence-electron chi connectivity index (χ3n) is 3.55. The fraction of sp³-hybridized carbons (Fsp3) is 0.471. The second-order valence-corrected chi connectivity index (χ2v) is 5.87. The van der Waals surface area contributed by atoms with Crippen molar-refractivity contribution in [1.29, 1.82) is 0 Å². The molecule has 1 aromatic carbocycles. The van der Waals surface area contributed by atoms with Gasteiger partial charge in [0.2, 0.25) is 0 Å². The SMILES string of the molecule is C=C(C)Cn1c(CCCN)nc2cc(C(C)C)ccc21. The minimum absolute atomic E-state index is 0.526. The number of benzene rings is 1. The minimum atomic E-state index is 0.526. The van der Waals surface area contributed by atoms with Gasteiger partial charge in [-0.2, -0.15) is 0 Å². The summed E-state index contributed by atoms with van der Waals surface area (Å²) in [6.07, 6.45) is 1.89. The lowest BCUT2D eigenvalue weighted by molar-refractivity contribution is 0.698. The Labute approximate surface area is 121 Å². The average molecular weight is 271 g/mol. The number of hydrogen-bond acceptors (Lipinski definition) is 2. The van der Waals surface area contributed by atoms with Crippen LogP contribution in [0.25, 0.3) is 11.0 Å². The fourth-order valence-electron chi connectivity index (χ4n) is 2.45. The van der Waals surface area contributed by atoms with Crippen LogP contribution in [0.5, 0.6) is 0 Å². The van der Waals surface area contributed by atoms with E-state index in [1.165, 1.54) is 11.1 Å². The molecule has 0 aliphatic carbocycles. The van der Waals surface area contributed by atoms with Crippen molar-refractivity contribution in [3.05, 3.63) is 41.7 Å². The topological polar surface area (TPSA) is 43.8 Å². The molecule has 3 heteroatoms. The summed E-state index contributed by atoms with van der Waals surface area (Å²) in [4.78, 5) is 4.81. The molecule has 0 bridgehead atoms. The average Bonchev–Trinajstić information content (AvgIpc) is 2.73. The molecule has 0 aliphatic rings. The van der Waals surface area contributed by atoms with Crippen LogP contribution < -0.4 is 5.73 Å². The summed E-state index contributed by atoms with van der Waals surface area (Å²) in [6, 6.07) is 6.60. The van der Waals surface area contributed by atoms with Gasteiger partial charge in [0.25, 0.3) is 0 Å². The molecule has 1 heterocycles. The van der Waals surface area contributed by atoms with E-state index in [-0.39, 0.29) is 0 Å². The van der Waals surface area contributed by atoms with E-state index in [9.17, 15) is 0 Å². The molecule has 0 saturated carbocycles. The lowest BCUT2D eigenvalue weighted by Crippen LogP contribution is -2.07. The third kappa shape index (κ3) is 3.10. The Hall–Kier alpha value is -1.61. The number of hydrogen-bond donors (Lipinski definition) is 1. The Morgan fingerprint density at radius 3 is 2.75 bits per heavy atom. The van der Waals surface area contributed by atoms with Gasteiger partial charge < -0.3 is 10.3 Å². The number of imidazole rings is 1. The first-order chi connectivity index (χ1) is 9.52. The van der Waals surface area contributed by atoms with Crippen molar-refractivity contribution in [3.8, 4) is 0 Å². The molecule has 0 atom stereocenters. The van der Waals surface area contributed by atoms with E-state index in [1.807, 2.05) is 0 Å². The van der Waals surface area contributed by atoms with E-state index in [1.54, 1.807) is 0 Å². The first-order valence-electron chi connectivity index (χ1n) is 7.36. The van der Waals surface area contributed by atoms with Gasteiger partial charge in [0.15, 0.2) is 0 Å². The number of rotatable bonds is 6. The summed E-state index contributed by atoms with van der Waals surface area (Å²) in [6.45, 7) is 12.0. The minimum Gasteiger partial charge on any atom is -0.330 e. The number of fused-ring (bicyclic) bond motifs is 1. The van der Waals surface area contributed by atoms with Crippen molar-refractivity contribution in [2.24, 2.45) is 5.73 Å². The van der Waals surface area contributed by atoms with Gasteiger partial charge in [0.05, 0.1) is 11.0 Å². The molecule has 108 valence electrons. The maximum atomic E-state index is 5.63. The molecule has 2 N–H and O–H groups in total. The molecule has 0 spiro atoms. The Balaban J connectivity index is 2.49. The summed E-state index contributed by atoms with van der Waals surface area (Å²) in [5.41, 5.74) is 10.4. The quantitative estimate of drug-likeness (QED) is 0.815. The van der Waals surface area contributed by atoms with Crippen molar-refractivity contribution in [2.75, 3.05) is 6.54 Å². The smallest absolute Gasteiger partial charge is 0.110 e. The number of nitrogens with two attached hydrogens (primary N) is 1. The Bertz CT molecular complexity index is 608.